The maximum absolute atomic E-state index is 13.5. The molecule has 1 heterocycles. The Morgan fingerprint density at radius 1 is 1.54 bits per heavy atom. The number of nitrogens with zero attached hydrogens (tertiary/aromatic N) is 4. The lowest BCUT2D eigenvalue weighted by molar-refractivity contribution is -0.193. The third-order valence-corrected chi connectivity index (χ3v) is 3.30. The molecule has 0 unspecified atom stereocenters. The van der Waals surface area contributed by atoms with Gasteiger partial charge in [-0.15, -0.1) is 0 Å². The van der Waals surface area contributed by atoms with E-state index in [9.17, 15) is 24.2 Å². The van der Waals surface area contributed by atoms with E-state index in [1.165, 1.54) is 0 Å². The lowest BCUT2D eigenvalue weighted by atomic mass is 10.1. The number of ether oxygens (including phenoxy) is 1. The Labute approximate surface area is 146 Å². The minimum atomic E-state index is -2.25. The average molecular weight is 371 g/mol. The predicted molar refractivity (Wildman–Crippen MR) is 86.6 cm³/mol. The molecule has 0 aliphatic heterocycles. The zero-order valence-corrected chi connectivity index (χ0v) is 13.8. The largest absolute Gasteiger partial charge is 0.395 e. The van der Waals surface area contributed by atoms with Gasteiger partial charge in [0.15, 0.2) is 12.0 Å². The maximum Gasteiger partial charge on any atom is 0.330 e. The summed E-state index contributed by atoms with van der Waals surface area (Å²) in [5, 5.41) is 31.0. The van der Waals surface area contributed by atoms with Crippen LogP contribution in [-0.4, -0.2) is 56.6 Å². The Bertz CT molecular complexity index is 835. The molecule has 4 N–H and O–H groups in total. The van der Waals surface area contributed by atoms with Crippen LogP contribution >= 0.6 is 0 Å². The molecule has 1 aromatic rings. The molecular formula is C14H18FN5O6. The van der Waals surface area contributed by atoms with Crippen molar-refractivity contribution in [2.24, 2.45) is 5.11 Å². The van der Waals surface area contributed by atoms with E-state index in [0.29, 0.717) is 4.57 Å². The van der Waals surface area contributed by atoms with Gasteiger partial charge in [0.2, 0.25) is 0 Å². The Hall–Kier alpha value is -2.68. The van der Waals surface area contributed by atoms with E-state index in [2.05, 4.69) is 21.9 Å². The van der Waals surface area contributed by atoms with Gasteiger partial charge in [0.1, 0.15) is 12.2 Å². The summed E-state index contributed by atoms with van der Waals surface area (Å²) in [5.74, 6) is 4.89. The first-order chi connectivity index (χ1) is 12.3. The second kappa shape index (κ2) is 9.71. The van der Waals surface area contributed by atoms with E-state index >= 15 is 0 Å². The van der Waals surface area contributed by atoms with Gasteiger partial charge in [-0.3, -0.25) is 14.3 Å². The molecule has 0 fully saturated rings. The van der Waals surface area contributed by atoms with Crippen molar-refractivity contribution < 1.29 is 24.4 Å². The molecule has 0 aliphatic rings. The van der Waals surface area contributed by atoms with Crippen molar-refractivity contribution >= 4 is 0 Å². The van der Waals surface area contributed by atoms with Crippen LogP contribution in [0.15, 0.2) is 20.9 Å². The Balaban J connectivity index is 3.39. The summed E-state index contributed by atoms with van der Waals surface area (Å²) in [7, 11) is 0. The van der Waals surface area contributed by atoms with Gasteiger partial charge in [0, 0.05) is 17.5 Å². The molecule has 0 saturated carbocycles. The highest BCUT2D eigenvalue weighted by molar-refractivity contribution is 5.29. The van der Waals surface area contributed by atoms with Crippen molar-refractivity contribution in [1.29, 1.82) is 0 Å². The Kier molecular flexibility index (Phi) is 7.98. The van der Waals surface area contributed by atoms with Gasteiger partial charge in [-0.2, -0.15) is 0 Å². The van der Waals surface area contributed by atoms with Gasteiger partial charge in [-0.25, -0.2) is 9.18 Å². The number of H-pyrrole nitrogens is 1. The smallest absolute Gasteiger partial charge is 0.330 e. The highest BCUT2D eigenvalue weighted by Crippen LogP contribution is 2.24. The second-order valence-corrected chi connectivity index (χ2v) is 5.08. The first kappa shape index (κ1) is 21.4. The number of halogens is 1. The number of hydrogen-bond donors (Lipinski definition) is 4. The summed E-state index contributed by atoms with van der Waals surface area (Å²) in [6.45, 7) is -1.40. The number of aliphatic hydroxyl groups is 3. The predicted octanol–water partition coefficient (Wildman–Crippen LogP) is -0.865. The number of aromatic nitrogens is 2. The molecule has 0 saturated heterocycles. The topological polar surface area (TPSA) is 174 Å². The van der Waals surface area contributed by atoms with E-state index in [1.54, 1.807) is 0 Å². The summed E-state index contributed by atoms with van der Waals surface area (Å²) >= 11 is 0. The molecular weight excluding hydrogens is 353 g/mol. The van der Waals surface area contributed by atoms with Crippen LogP contribution in [0.1, 0.15) is 25.1 Å². The van der Waals surface area contributed by atoms with Gasteiger partial charge in [0.05, 0.1) is 19.3 Å². The molecule has 0 aliphatic carbocycles. The minimum Gasteiger partial charge on any atom is -0.395 e. The summed E-state index contributed by atoms with van der Waals surface area (Å²) in [4.78, 5) is 28.1. The minimum absolute atomic E-state index is 0.0775. The van der Waals surface area contributed by atoms with Crippen molar-refractivity contribution in [2.75, 3.05) is 19.9 Å². The van der Waals surface area contributed by atoms with Crippen LogP contribution < -0.4 is 11.2 Å². The summed E-state index contributed by atoms with van der Waals surface area (Å²) in [6, 6.07) is 0. The molecule has 0 aromatic carbocycles. The molecule has 1 rings (SSSR count). The SMILES string of the molecule is C[C@@H](O)[C@](CO)(N=[N+]=[N-])O[C@H](CF)n1cc(C#CCCO)c(=O)[nH]c1=O. The Morgan fingerprint density at radius 2 is 2.23 bits per heavy atom. The zero-order valence-electron chi connectivity index (χ0n) is 13.8. The van der Waals surface area contributed by atoms with Crippen LogP contribution in [0.5, 0.6) is 0 Å². The molecule has 3 atom stereocenters. The van der Waals surface area contributed by atoms with Crippen molar-refractivity contribution in [3.63, 3.8) is 0 Å². The van der Waals surface area contributed by atoms with Crippen LogP contribution in [0.25, 0.3) is 10.4 Å². The fraction of sp³-hybridized carbons (Fsp3) is 0.571. The molecule has 0 bridgehead atoms. The normalized spacial score (nSPS) is 15.1. The van der Waals surface area contributed by atoms with Gasteiger partial charge in [-0.1, -0.05) is 17.0 Å². The highest BCUT2D eigenvalue weighted by Gasteiger charge is 2.39. The maximum atomic E-state index is 13.5. The van der Waals surface area contributed by atoms with Crippen molar-refractivity contribution in [2.45, 2.75) is 31.4 Å². The molecule has 142 valence electrons. The van der Waals surface area contributed by atoms with Gasteiger partial charge >= 0.3 is 5.69 Å². The molecule has 1 aromatic heterocycles. The number of nitrogens with one attached hydrogen (secondary N) is 1. The molecule has 0 amide bonds. The lowest BCUT2D eigenvalue weighted by Crippen LogP contribution is -2.48. The van der Waals surface area contributed by atoms with Crippen molar-refractivity contribution in [3.05, 3.63) is 43.0 Å². The van der Waals surface area contributed by atoms with E-state index in [4.69, 9.17) is 15.4 Å². The lowest BCUT2D eigenvalue weighted by Gasteiger charge is -2.33. The number of hydrogen-bond acceptors (Lipinski definition) is 7. The average Bonchev–Trinajstić information content (AvgIpc) is 2.61. The third-order valence-electron chi connectivity index (χ3n) is 3.30. The van der Waals surface area contributed by atoms with E-state index in [-0.39, 0.29) is 18.6 Å². The quantitative estimate of drug-likeness (QED) is 0.200. The number of aliphatic hydroxyl groups excluding tert-OH is 3. The van der Waals surface area contributed by atoms with Crippen LogP contribution in [0.4, 0.5) is 4.39 Å². The number of rotatable bonds is 8. The van der Waals surface area contributed by atoms with E-state index < -0.39 is 42.6 Å². The molecule has 26 heavy (non-hydrogen) atoms. The number of azide groups is 1. The fourth-order valence-electron chi connectivity index (χ4n) is 1.88. The molecule has 12 heteroatoms. The molecule has 0 radical (unpaired) electrons. The molecule has 0 spiro atoms. The monoisotopic (exact) mass is 371 g/mol. The summed E-state index contributed by atoms with van der Waals surface area (Å²) in [6.07, 6.45) is -2.27. The van der Waals surface area contributed by atoms with Gasteiger partial charge < -0.3 is 20.1 Å². The first-order valence-corrected chi connectivity index (χ1v) is 7.39. The van der Waals surface area contributed by atoms with E-state index in [1.807, 2.05) is 4.98 Å². The van der Waals surface area contributed by atoms with Crippen molar-refractivity contribution in [1.82, 2.24) is 9.55 Å². The highest BCUT2D eigenvalue weighted by atomic mass is 19.1. The number of aromatic amines is 1. The third kappa shape index (κ3) is 4.92. The number of alkyl halides is 1. The standard InChI is InChI=1S/C14H18FN5O6/c1-9(23)14(8-22,18-19-16)26-11(6-15)20-7-10(4-2-3-5-21)12(24)17-13(20)25/h7,9,11,21-23H,3,5-6,8H2,1H3,(H,17,24,25)/t9-,11-,14-/m1/s1. The molecule has 11 nitrogen and oxygen atoms in total. The van der Waals surface area contributed by atoms with Gasteiger partial charge in [-0.05, 0) is 12.5 Å². The van der Waals surface area contributed by atoms with Crippen LogP contribution in [0.2, 0.25) is 0 Å². The summed E-state index contributed by atoms with van der Waals surface area (Å²) in [5.41, 5.74) is 4.29. The fourth-order valence-corrected chi connectivity index (χ4v) is 1.88. The van der Waals surface area contributed by atoms with Gasteiger partial charge in [0.25, 0.3) is 5.56 Å². The second-order valence-electron chi connectivity index (χ2n) is 5.08. The van der Waals surface area contributed by atoms with Crippen LogP contribution in [0, 0.1) is 11.8 Å². The zero-order chi connectivity index (χ0) is 19.7. The Morgan fingerprint density at radius 3 is 2.73 bits per heavy atom. The van der Waals surface area contributed by atoms with Crippen LogP contribution in [-0.2, 0) is 4.74 Å². The van der Waals surface area contributed by atoms with Crippen molar-refractivity contribution in [3.8, 4) is 11.8 Å². The first-order valence-electron chi connectivity index (χ1n) is 7.39. The van der Waals surface area contributed by atoms with E-state index in [0.717, 1.165) is 13.1 Å². The summed E-state index contributed by atoms with van der Waals surface area (Å²) < 4.78 is 19.3. The van der Waals surface area contributed by atoms with Crippen LogP contribution in [0.3, 0.4) is 0 Å².